The molecule has 1 aliphatic rings. The van der Waals surface area contributed by atoms with E-state index in [2.05, 4.69) is 65.0 Å². The number of methoxy groups -OCH3 is 1. The summed E-state index contributed by atoms with van der Waals surface area (Å²) in [6, 6.07) is 16.6. The van der Waals surface area contributed by atoms with Crippen molar-refractivity contribution < 1.29 is 4.74 Å². The summed E-state index contributed by atoms with van der Waals surface area (Å²) in [6.45, 7) is 9.65. The molecule has 0 amide bonds. The second kappa shape index (κ2) is 9.70. The van der Waals surface area contributed by atoms with Crippen molar-refractivity contribution in [2.24, 2.45) is 0 Å². The maximum absolute atomic E-state index is 13.1. The summed E-state index contributed by atoms with van der Waals surface area (Å²) in [5.74, 6) is 1.64. The minimum absolute atomic E-state index is 0.0435. The van der Waals surface area contributed by atoms with E-state index in [4.69, 9.17) is 9.72 Å². The number of thiophene rings is 1. The Hall–Kier alpha value is -3.00. The highest BCUT2D eigenvalue weighted by molar-refractivity contribution is 7.19. The average Bonchev–Trinajstić information content (AvgIpc) is 3.17. The van der Waals surface area contributed by atoms with Crippen molar-refractivity contribution in [2.45, 2.75) is 26.9 Å². The maximum Gasteiger partial charge on any atom is 0.260 e. The molecule has 3 heterocycles. The molecule has 1 saturated heterocycles. The summed E-state index contributed by atoms with van der Waals surface area (Å²) < 4.78 is 5.25. The molecule has 4 aromatic rings. The molecule has 1 N–H and O–H groups in total. The van der Waals surface area contributed by atoms with Crippen LogP contribution in [-0.2, 0) is 13.1 Å². The molecule has 0 atom stereocenters. The lowest BCUT2D eigenvalue weighted by Crippen LogP contribution is -2.45. The van der Waals surface area contributed by atoms with E-state index < -0.39 is 0 Å². The minimum Gasteiger partial charge on any atom is -0.497 e. The van der Waals surface area contributed by atoms with Gasteiger partial charge in [-0.2, -0.15) is 0 Å². The summed E-state index contributed by atoms with van der Waals surface area (Å²) in [7, 11) is 1.69. The maximum atomic E-state index is 13.1. The van der Waals surface area contributed by atoms with Crippen molar-refractivity contribution >= 4 is 21.6 Å². The monoisotopic (exact) mass is 474 g/mol. The van der Waals surface area contributed by atoms with Crippen LogP contribution in [0.25, 0.3) is 21.3 Å². The van der Waals surface area contributed by atoms with Gasteiger partial charge in [0, 0.05) is 43.2 Å². The Morgan fingerprint density at radius 2 is 1.59 bits per heavy atom. The van der Waals surface area contributed by atoms with E-state index in [0.717, 1.165) is 65.1 Å². The van der Waals surface area contributed by atoms with Crippen LogP contribution >= 0.6 is 11.3 Å². The van der Waals surface area contributed by atoms with Crippen molar-refractivity contribution in [2.75, 3.05) is 33.3 Å². The number of nitrogens with zero attached hydrogens (tertiary/aromatic N) is 3. The molecular formula is C27H30N4O2S. The van der Waals surface area contributed by atoms with E-state index in [9.17, 15) is 4.79 Å². The molecule has 1 aliphatic heterocycles. The smallest absolute Gasteiger partial charge is 0.260 e. The summed E-state index contributed by atoms with van der Waals surface area (Å²) in [5.41, 5.74) is 4.54. The number of ether oxygens (including phenoxy) is 1. The van der Waals surface area contributed by atoms with Crippen LogP contribution in [0, 0.1) is 13.8 Å². The number of aryl methyl sites for hydroxylation is 2. The third-order valence-corrected chi connectivity index (χ3v) is 7.53. The third-order valence-electron chi connectivity index (χ3n) is 6.53. The molecule has 34 heavy (non-hydrogen) atoms. The number of benzene rings is 2. The van der Waals surface area contributed by atoms with Crippen LogP contribution in [0.15, 0.2) is 53.3 Å². The lowest BCUT2D eigenvalue weighted by Gasteiger charge is -2.34. The fourth-order valence-corrected chi connectivity index (χ4v) is 5.68. The first-order valence-electron chi connectivity index (χ1n) is 11.7. The zero-order valence-corrected chi connectivity index (χ0v) is 20.7. The first-order chi connectivity index (χ1) is 16.5. The van der Waals surface area contributed by atoms with E-state index in [1.807, 2.05) is 12.1 Å². The fraction of sp³-hybridized carbons (Fsp3) is 0.333. The topological polar surface area (TPSA) is 61.5 Å². The van der Waals surface area contributed by atoms with Gasteiger partial charge >= 0.3 is 0 Å². The van der Waals surface area contributed by atoms with Gasteiger partial charge in [-0.25, -0.2) is 4.98 Å². The van der Waals surface area contributed by atoms with Gasteiger partial charge in [0.05, 0.1) is 19.0 Å². The second-order valence-electron chi connectivity index (χ2n) is 8.99. The van der Waals surface area contributed by atoms with Gasteiger partial charge in [0.25, 0.3) is 5.56 Å². The van der Waals surface area contributed by atoms with Gasteiger partial charge in [-0.3, -0.25) is 14.6 Å². The number of fused-ring (bicyclic) bond motifs is 1. The molecule has 0 bridgehead atoms. The van der Waals surface area contributed by atoms with Gasteiger partial charge in [0.15, 0.2) is 0 Å². The highest BCUT2D eigenvalue weighted by Gasteiger charge is 2.20. The molecule has 0 radical (unpaired) electrons. The van der Waals surface area contributed by atoms with Gasteiger partial charge in [-0.1, -0.05) is 42.0 Å². The van der Waals surface area contributed by atoms with Gasteiger partial charge in [0.1, 0.15) is 16.4 Å². The number of nitrogens with one attached hydrogen (secondary N) is 1. The van der Waals surface area contributed by atoms with Crippen LogP contribution in [0.2, 0.25) is 0 Å². The van der Waals surface area contributed by atoms with E-state index in [-0.39, 0.29) is 5.56 Å². The summed E-state index contributed by atoms with van der Waals surface area (Å²) in [6.07, 6.45) is 0. The standard InChI is InChI=1S/C27H30N4O2S/c1-18-4-8-21(9-5-18)24-19(2)34-27-25(24)26(32)28-23(29-27)17-31-14-12-30(13-15-31)16-20-6-10-22(33-3)11-7-20/h4-11H,12-17H2,1-3H3,(H,28,29,32). The molecule has 0 saturated carbocycles. The van der Waals surface area contributed by atoms with Crippen LogP contribution in [0.5, 0.6) is 5.75 Å². The zero-order chi connectivity index (χ0) is 23.7. The Kier molecular flexibility index (Phi) is 6.50. The third kappa shape index (κ3) is 4.78. The Bertz CT molecular complexity index is 1330. The van der Waals surface area contributed by atoms with Crippen molar-refractivity contribution in [3.63, 3.8) is 0 Å². The van der Waals surface area contributed by atoms with Crippen LogP contribution in [0.3, 0.4) is 0 Å². The largest absolute Gasteiger partial charge is 0.497 e. The molecule has 176 valence electrons. The fourth-order valence-electron chi connectivity index (χ4n) is 4.61. The Balaban J connectivity index is 1.26. The molecule has 0 unspecified atom stereocenters. The molecule has 1 fully saturated rings. The van der Waals surface area contributed by atoms with Crippen LogP contribution < -0.4 is 10.3 Å². The predicted molar refractivity (Wildman–Crippen MR) is 139 cm³/mol. The number of aromatic amines is 1. The van der Waals surface area contributed by atoms with Crippen molar-refractivity contribution in [3.8, 4) is 16.9 Å². The number of rotatable bonds is 6. The first kappa shape index (κ1) is 22.8. The van der Waals surface area contributed by atoms with E-state index in [0.29, 0.717) is 11.9 Å². The van der Waals surface area contributed by atoms with Crippen molar-refractivity contribution in [1.29, 1.82) is 0 Å². The molecule has 2 aromatic carbocycles. The van der Waals surface area contributed by atoms with E-state index in [1.54, 1.807) is 18.4 Å². The lowest BCUT2D eigenvalue weighted by atomic mass is 10.0. The molecule has 0 aliphatic carbocycles. The normalized spacial score (nSPS) is 15.1. The predicted octanol–water partition coefficient (Wildman–Crippen LogP) is 4.59. The van der Waals surface area contributed by atoms with Gasteiger partial charge in [0.2, 0.25) is 0 Å². The molecule has 7 heteroatoms. The minimum atomic E-state index is -0.0435. The van der Waals surface area contributed by atoms with E-state index >= 15 is 0 Å². The van der Waals surface area contributed by atoms with Crippen LogP contribution in [-0.4, -0.2) is 53.1 Å². The number of aromatic nitrogens is 2. The molecule has 2 aromatic heterocycles. The van der Waals surface area contributed by atoms with Gasteiger partial charge in [-0.15, -0.1) is 11.3 Å². The highest BCUT2D eigenvalue weighted by Crippen LogP contribution is 2.35. The first-order valence-corrected chi connectivity index (χ1v) is 12.5. The molecule has 6 nitrogen and oxygen atoms in total. The lowest BCUT2D eigenvalue weighted by molar-refractivity contribution is 0.120. The van der Waals surface area contributed by atoms with Crippen LogP contribution in [0.1, 0.15) is 21.8 Å². The van der Waals surface area contributed by atoms with Gasteiger partial charge < -0.3 is 9.72 Å². The number of piperazine rings is 1. The van der Waals surface area contributed by atoms with Crippen molar-refractivity contribution in [3.05, 3.63) is 80.7 Å². The summed E-state index contributed by atoms with van der Waals surface area (Å²) in [4.78, 5) is 27.8. The number of H-pyrrole nitrogens is 1. The van der Waals surface area contributed by atoms with Crippen molar-refractivity contribution in [1.82, 2.24) is 19.8 Å². The number of hydrogen-bond acceptors (Lipinski definition) is 6. The van der Waals surface area contributed by atoms with E-state index in [1.165, 1.54) is 11.1 Å². The Labute approximate surface area is 203 Å². The second-order valence-corrected chi connectivity index (χ2v) is 10.2. The molecular weight excluding hydrogens is 444 g/mol. The number of hydrogen-bond donors (Lipinski definition) is 1. The Morgan fingerprint density at radius 3 is 2.24 bits per heavy atom. The van der Waals surface area contributed by atoms with Gasteiger partial charge in [-0.05, 0) is 37.1 Å². The zero-order valence-electron chi connectivity index (χ0n) is 19.9. The SMILES string of the molecule is COc1ccc(CN2CCN(Cc3nc4sc(C)c(-c5ccc(C)cc5)c4c(=O)[nH]3)CC2)cc1. The summed E-state index contributed by atoms with van der Waals surface area (Å²) >= 11 is 1.61. The van der Waals surface area contributed by atoms with Crippen LogP contribution in [0.4, 0.5) is 0 Å². The quantitative estimate of drug-likeness (QED) is 0.443. The highest BCUT2D eigenvalue weighted by atomic mass is 32.1. The average molecular weight is 475 g/mol. The molecule has 0 spiro atoms. The molecule has 5 rings (SSSR count). The Morgan fingerprint density at radius 1 is 0.941 bits per heavy atom. The summed E-state index contributed by atoms with van der Waals surface area (Å²) in [5, 5.41) is 0.708.